The molecule has 0 aromatic heterocycles. The summed E-state index contributed by atoms with van der Waals surface area (Å²) in [7, 11) is 0. The quantitative estimate of drug-likeness (QED) is 0.728. The van der Waals surface area contributed by atoms with Crippen molar-refractivity contribution in [1.82, 2.24) is 10.2 Å². The Hall–Kier alpha value is -0.610. The highest BCUT2D eigenvalue weighted by Gasteiger charge is 2.29. The molecule has 1 heterocycles. The molecular formula is C12H22N2O2. The van der Waals surface area contributed by atoms with Crippen molar-refractivity contribution in [2.45, 2.75) is 38.2 Å². The molecule has 4 heteroatoms. The Morgan fingerprint density at radius 2 is 2.06 bits per heavy atom. The van der Waals surface area contributed by atoms with Gasteiger partial charge in [0.25, 0.3) is 0 Å². The van der Waals surface area contributed by atoms with Crippen LogP contribution in [0.2, 0.25) is 0 Å². The highest BCUT2D eigenvalue weighted by atomic mass is 16.3. The first-order valence-electron chi connectivity index (χ1n) is 6.28. The van der Waals surface area contributed by atoms with Crippen LogP contribution in [0.15, 0.2) is 0 Å². The highest BCUT2D eigenvalue weighted by Crippen LogP contribution is 2.27. The van der Waals surface area contributed by atoms with Crippen molar-refractivity contribution < 1.29 is 9.90 Å². The third-order valence-corrected chi connectivity index (χ3v) is 3.60. The average molecular weight is 226 g/mol. The largest absolute Gasteiger partial charge is 0.390 e. The molecule has 1 aliphatic carbocycles. The molecule has 2 fully saturated rings. The summed E-state index contributed by atoms with van der Waals surface area (Å²) in [4.78, 5) is 13.7. The first-order chi connectivity index (χ1) is 7.57. The Bertz CT molecular complexity index is 252. The van der Waals surface area contributed by atoms with Crippen molar-refractivity contribution in [3.63, 3.8) is 0 Å². The molecule has 16 heavy (non-hydrogen) atoms. The Labute approximate surface area is 97.0 Å². The van der Waals surface area contributed by atoms with Crippen LogP contribution in [0.4, 0.5) is 0 Å². The number of carbonyl (C=O) groups is 1. The number of amides is 1. The lowest BCUT2D eigenvalue weighted by Crippen LogP contribution is -2.47. The van der Waals surface area contributed by atoms with Crippen LogP contribution in [0.1, 0.15) is 32.6 Å². The van der Waals surface area contributed by atoms with Gasteiger partial charge < -0.3 is 15.3 Å². The van der Waals surface area contributed by atoms with E-state index in [9.17, 15) is 9.90 Å². The molecule has 0 aromatic carbocycles. The van der Waals surface area contributed by atoms with E-state index in [1.165, 1.54) is 12.8 Å². The molecule has 2 N–H and O–H groups in total. The van der Waals surface area contributed by atoms with Crippen LogP contribution in [-0.2, 0) is 4.79 Å². The second-order valence-corrected chi connectivity index (χ2v) is 5.45. The summed E-state index contributed by atoms with van der Waals surface area (Å²) in [5.74, 6) is 0.992. The van der Waals surface area contributed by atoms with Gasteiger partial charge in [0.2, 0.25) is 5.91 Å². The summed E-state index contributed by atoms with van der Waals surface area (Å²) in [5, 5.41) is 13.0. The molecule has 0 unspecified atom stereocenters. The van der Waals surface area contributed by atoms with Crippen LogP contribution < -0.4 is 5.32 Å². The van der Waals surface area contributed by atoms with E-state index in [4.69, 9.17) is 0 Å². The zero-order valence-corrected chi connectivity index (χ0v) is 10.0. The van der Waals surface area contributed by atoms with Crippen LogP contribution in [0.25, 0.3) is 0 Å². The summed E-state index contributed by atoms with van der Waals surface area (Å²) < 4.78 is 0. The Balaban J connectivity index is 1.65. The Morgan fingerprint density at radius 1 is 1.44 bits per heavy atom. The van der Waals surface area contributed by atoms with Gasteiger partial charge in [-0.2, -0.15) is 0 Å². The molecule has 1 saturated heterocycles. The van der Waals surface area contributed by atoms with Gasteiger partial charge in [-0.05, 0) is 45.1 Å². The van der Waals surface area contributed by atoms with E-state index < -0.39 is 5.60 Å². The average Bonchev–Trinajstić information content (AvgIpc) is 3.01. The van der Waals surface area contributed by atoms with Gasteiger partial charge in [0.05, 0.1) is 12.1 Å². The van der Waals surface area contributed by atoms with E-state index in [2.05, 4.69) is 5.32 Å². The summed E-state index contributed by atoms with van der Waals surface area (Å²) in [6.45, 7) is 4.67. The molecule has 0 spiro atoms. The van der Waals surface area contributed by atoms with Crippen LogP contribution in [-0.4, -0.2) is 47.7 Å². The molecule has 0 bridgehead atoms. The number of rotatable bonds is 4. The van der Waals surface area contributed by atoms with E-state index in [-0.39, 0.29) is 5.91 Å². The first kappa shape index (κ1) is 11.9. The number of piperidine rings is 1. The van der Waals surface area contributed by atoms with Crippen molar-refractivity contribution in [1.29, 1.82) is 0 Å². The van der Waals surface area contributed by atoms with E-state index in [0.717, 1.165) is 12.5 Å². The molecule has 1 amide bonds. The molecule has 2 rings (SSSR count). The Kier molecular flexibility index (Phi) is 3.50. The third-order valence-electron chi connectivity index (χ3n) is 3.60. The van der Waals surface area contributed by atoms with Crippen molar-refractivity contribution >= 4 is 5.91 Å². The molecule has 0 radical (unpaired) electrons. The van der Waals surface area contributed by atoms with Crippen LogP contribution >= 0.6 is 0 Å². The minimum absolute atomic E-state index is 0.177. The smallest absolute Gasteiger partial charge is 0.236 e. The second kappa shape index (κ2) is 4.72. The van der Waals surface area contributed by atoms with Gasteiger partial charge >= 0.3 is 0 Å². The number of likely N-dealkylation sites (tertiary alicyclic amines) is 1. The predicted molar refractivity (Wildman–Crippen MR) is 62.0 cm³/mol. The maximum absolute atomic E-state index is 11.8. The van der Waals surface area contributed by atoms with E-state index in [1.54, 1.807) is 0 Å². The molecule has 0 atom stereocenters. The minimum atomic E-state index is -0.571. The molecule has 2 aliphatic rings. The molecule has 1 aliphatic heterocycles. The fourth-order valence-electron chi connectivity index (χ4n) is 2.05. The zero-order chi connectivity index (χ0) is 11.6. The fraction of sp³-hybridized carbons (Fsp3) is 0.917. The summed E-state index contributed by atoms with van der Waals surface area (Å²) in [6.07, 6.45) is 4.02. The lowest BCUT2D eigenvalue weighted by molar-refractivity contribution is -0.133. The number of hydrogen-bond donors (Lipinski definition) is 2. The summed E-state index contributed by atoms with van der Waals surface area (Å²) >= 11 is 0. The number of nitrogens with zero attached hydrogens (tertiary/aromatic N) is 1. The van der Waals surface area contributed by atoms with Gasteiger partial charge in [0.15, 0.2) is 0 Å². The summed E-state index contributed by atoms with van der Waals surface area (Å²) in [5.41, 5.74) is -0.571. The van der Waals surface area contributed by atoms with Gasteiger partial charge in [-0.1, -0.05) is 0 Å². The molecule has 1 saturated carbocycles. The van der Waals surface area contributed by atoms with Crippen molar-refractivity contribution in [2.75, 3.05) is 26.2 Å². The maximum atomic E-state index is 11.8. The second-order valence-electron chi connectivity index (χ2n) is 5.45. The number of aliphatic hydroxyl groups is 1. The van der Waals surface area contributed by atoms with Crippen molar-refractivity contribution in [2.24, 2.45) is 5.92 Å². The van der Waals surface area contributed by atoms with Gasteiger partial charge in [-0.25, -0.2) is 0 Å². The predicted octanol–water partition coefficient (Wildman–Crippen LogP) is 0.359. The van der Waals surface area contributed by atoms with Gasteiger partial charge in [-0.15, -0.1) is 0 Å². The number of nitrogens with one attached hydrogen (secondary N) is 1. The third kappa shape index (κ3) is 3.46. The van der Waals surface area contributed by atoms with Crippen molar-refractivity contribution in [3.8, 4) is 0 Å². The van der Waals surface area contributed by atoms with E-state index >= 15 is 0 Å². The standard InChI is InChI=1S/C12H22N2O2/c1-12(16)4-6-14(7-5-12)11(15)9-13-8-10-2-3-10/h10,13,16H,2-9H2,1H3. The molecule has 0 aromatic rings. The maximum Gasteiger partial charge on any atom is 0.236 e. The highest BCUT2D eigenvalue weighted by molar-refractivity contribution is 5.78. The Morgan fingerprint density at radius 3 is 2.62 bits per heavy atom. The number of carbonyl (C=O) groups excluding carboxylic acids is 1. The lowest BCUT2D eigenvalue weighted by atomic mass is 9.94. The molecule has 4 nitrogen and oxygen atoms in total. The van der Waals surface area contributed by atoms with Crippen LogP contribution in [0, 0.1) is 5.92 Å². The van der Waals surface area contributed by atoms with Crippen molar-refractivity contribution in [3.05, 3.63) is 0 Å². The molecule has 92 valence electrons. The van der Waals surface area contributed by atoms with Gasteiger partial charge in [-0.3, -0.25) is 4.79 Å². The zero-order valence-electron chi connectivity index (χ0n) is 10.0. The first-order valence-corrected chi connectivity index (χ1v) is 6.28. The van der Waals surface area contributed by atoms with E-state index in [1.807, 2.05) is 11.8 Å². The SMILES string of the molecule is CC1(O)CCN(C(=O)CNCC2CC2)CC1. The topological polar surface area (TPSA) is 52.6 Å². The van der Waals surface area contributed by atoms with Gasteiger partial charge in [0, 0.05) is 13.1 Å². The van der Waals surface area contributed by atoms with Gasteiger partial charge in [0.1, 0.15) is 0 Å². The molecular weight excluding hydrogens is 204 g/mol. The van der Waals surface area contributed by atoms with E-state index in [0.29, 0.717) is 32.5 Å². The minimum Gasteiger partial charge on any atom is -0.390 e. The van der Waals surface area contributed by atoms with Crippen LogP contribution in [0.3, 0.4) is 0 Å². The lowest BCUT2D eigenvalue weighted by Gasteiger charge is -2.35. The monoisotopic (exact) mass is 226 g/mol. The number of hydrogen-bond acceptors (Lipinski definition) is 3. The summed E-state index contributed by atoms with van der Waals surface area (Å²) in [6, 6.07) is 0. The fourth-order valence-corrected chi connectivity index (χ4v) is 2.05. The van der Waals surface area contributed by atoms with Crippen LogP contribution in [0.5, 0.6) is 0 Å². The normalized spacial score (nSPS) is 24.5.